The van der Waals surface area contributed by atoms with E-state index in [0.717, 1.165) is 32.5 Å². The molecule has 0 spiro atoms. The molecule has 1 N–H and O–H groups in total. The van der Waals surface area contributed by atoms with Gasteiger partial charge in [0.2, 0.25) is 0 Å². The van der Waals surface area contributed by atoms with Crippen LogP contribution in [0.5, 0.6) is 0 Å². The first-order chi connectivity index (χ1) is 9.31. The normalized spacial score (nSPS) is 16.5. The van der Waals surface area contributed by atoms with Gasteiger partial charge >= 0.3 is 0 Å². The van der Waals surface area contributed by atoms with E-state index in [1.807, 2.05) is 6.07 Å². The van der Waals surface area contributed by atoms with Crippen LogP contribution < -0.4 is 5.32 Å². The summed E-state index contributed by atoms with van der Waals surface area (Å²) in [4.78, 5) is 2.18. The Labute approximate surface area is 112 Å². The van der Waals surface area contributed by atoms with Gasteiger partial charge in [-0.15, -0.1) is 10.2 Å². The monoisotopic (exact) mass is 256 g/mol. The highest BCUT2D eigenvalue weighted by Gasteiger charge is 2.18. The van der Waals surface area contributed by atoms with Gasteiger partial charge in [0.15, 0.2) is 5.69 Å². The zero-order chi connectivity index (χ0) is 13.5. The van der Waals surface area contributed by atoms with E-state index in [1.165, 1.54) is 0 Å². The van der Waals surface area contributed by atoms with Crippen LogP contribution >= 0.6 is 0 Å². The van der Waals surface area contributed by atoms with Crippen molar-refractivity contribution in [1.82, 2.24) is 15.1 Å². The summed E-state index contributed by atoms with van der Waals surface area (Å²) in [5.41, 5.74) is 0.329. The fourth-order valence-corrected chi connectivity index (χ4v) is 2.18. The van der Waals surface area contributed by atoms with E-state index in [1.54, 1.807) is 12.1 Å². The summed E-state index contributed by atoms with van der Waals surface area (Å²) < 4.78 is 0. The number of hydrogen-bond donors (Lipinski definition) is 1. The standard InChI is InChI=1S/C13H16N6/c14-5-8-19-6-3-11(4-7-19)10-16-13-2-1-12(9-15)17-18-13/h1-2,11H,3-4,6-8,10H2,(H,16,18). The number of nitrogens with one attached hydrogen (secondary N) is 1. The number of nitrogens with zero attached hydrogens (tertiary/aromatic N) is 5. The predicted molar refractivity (Wildman–Crippen MR) is 70.0 cm³/mol. The van der Waals surface area contributed by atoms with Crippen LogP contribution in [0.15, 0.2) is 12.1 Å². The number of aromatic nitrogens is 2. The van der Waals surface area contributed by atoms with Crippen molar-refractivity contribution in [2.75, 3.05) is 31.5 Å². The third kappa shape index (κ3) is 3.90. The summed E-state index contributed by atoms with van der Waals surface area (Å²) in [6.07, 6.45) is 2.19. The second-order valence-electron chi connectivity index (χ2n) is 4.67. The lowest BCUT2D eigenvalue weighted by Gasteiger charge is -2.30. The molecule has 2 rings (SSSR count). The molecule has 0 atom stereocenters. The van der Waals surface area contributed by atoms with Crippen LogP contribution in [0, 0.1) is 28.6 Å². The van der Waals surface area contributed by atoms with Crippen molar-refractivity contribution in [2.24, 2.45) is 5.92 Å². The van der Waals surface area contributed by atoms with E-state index in [0.29, 0.717) is 24.0 Å². The highest BCUT2D eigenvalue weighted by molar-refractivity contribution is 5.35. The van der Waals surface area contributed by atoms with E-state index in [2.05, 4.69) is 26.5 Å². The number of likely N-dealkylation sites (tertiary alicyclic amines) is 1. The van der Waals surface area contributed by atoms with E-state index in [9.17, 15) is 0 Å². The molecule has 1 saturated heterocycles. The minimum atomic E-state index is 0.329. The van der Waals surface area contributed by atoms with Gasteiger partial charge in [-0.05, 0) is 44.0 Å². The maximum Gasteiger partial charge on any atom is 0.163 e. The van der Waals surface area contributed by atoms with Crippen LogP contribution in [0.25, 0.3) is 0 Å². The molecule has 1 aliphatic heterocycles. The Morgan fingerprint density at radius 3 is 2.63 bits per heavy atom. The van der Waals surface area contributed by atoms with E-state index >= 15 is 0 Å². The van der Waals surface area contributed by atoms with Gasteiger partial charge in [-0.25, -0.2) is 0 Å². The van der Waals surface area contributed by atoms with Crippen LogP contribution in [0.1, 0.15) is 18.5 Å². The van der Waals surface area contributed by atoms with Gasteiger partial charge in [-0.1, -0.05) is 0 Å². The van der Waals surface area contributed by atoms with Gasteiger partial charge in [0.25, 0.3) is 0 Å². The lowest BCUT2D eigenvalue weighted by atomic mass is 9.97. The molecule has 98 valence electrons. The lowest BCUT2D eigenvalue weighted by molar-refractivity contribution is 0.208. The summed E-state index contributed by atoms with van der Waals surface area (Å²) in [5, 5.41) is 28.2. The largest absolute Gasteiger partial charge is 0.368 e. The van der Waals surface area contributed by atoms with Crippen LogP contribution in [0.3, 0.4) is 0 Å². The Hall–Kier alpha value is -2.18. The Bertz CT molecular complexity index is 475. The molecule has 0 unspecified atom stereocenters. The van der Waals surface area contributed by atoms with Gasteiger partial charge in [0.1, 0.15) is 11.9 Å². The van der Waals surface area contributed by atoms with Gasteiger partial charge in [-0.3, -0.25) is 4.90 Å². The fourth-order valence-electron chi connectivity index (χ4n) is 2.18. The van der Waals surface area contributed by atoms with Crippen LogP contribution in [-0.4, -0.2) is 41.3 Å². The minimum absolute atomic E-state index is 0.329. The molecule has 2 heterocycles. The second-order valence-corrected chi connectivity index (χ2v) is 4.67. The molecule has 1 fully saturated rings. The maximum atomic E-state index is 8.64. The molecule has 19 heavy (non-hydrogen) atoms. The molecular weight excluding hydrogens is 240 g/mol. The average molecular weight is 256 g/mol. The van der Waals surface area contributed by atoms with Crippen molar-refractivity contribution in [2.45, 2.75) is 12.8 Å². The fraction of sp³-hybridized carbons (Fsp3) is 0.538. The number of hydrogen-bond acceptors (Lipinski definition) is 6. The van der Waals surface area contributed by atoms with E-state index in [-0.39, 0.29) is 0 Å². The Balaban J connectivity index is 1.74. The summed E-state index contributed by atoms with van der Waals surface area (Å²) in [7, 11) is 0. The summed E-state index contributed by atoms with van der Waals surface area (Å²) in [6, 6.07) is 7.56. The molecule has 0 aliphatic carbocycles. The third-order valence-corrected chi connectivity index (χ3v) is 3.35. The van der Waals surface area contributed by atoms with Crippen molar-refractivity contribution in [3.05, 3.63) is 17.8 Å². The summed E-state index contributed by atoms with van der Waals surface area (Å²) in [6.45, 7) is 3.36. The summed E-state index contributed by atoms with van der Waals surface area (Å²) in [5.74, 6) is 1.31. The van der Waals surface area contributed by atoms with Crippen molar-refractivity contribution in [3.8, 4) is 12.1 Å². The van der Waals surface area contributed by atoms with Crippen LogP contribution in [0.4, 0.5) is 5.82 Å². The van der Waals surface area contributed by atoms with Crippen molar-refractivity contribution < 1.29 is 0 Å². The number of anilines is 1. The second kappa shape index (κ2) is 6.67. The Kier molecular flexibility index (Phi) is 4.66. The number of rotatable bonds is 4. The minimum Gasteiger partial charge on any atom is -0.368 e. The zero-order valence-corrected chi connectivity index (χ0v) is 10.7. The first-order valence-electron chi connectivity index (χ1n) is 6.39. The van der Waals surface area contributed by atoms with Crippen molar-refractivity contribution >= 4 is 5.82 Å². The molecule has 1 aromatic rings. The summed E-state index contributed by atoms with van der Waals surface area (Å²) >= 11 is 0. The van der Waals surface area contributed by atoms with Gasteiger partial charge < -0.3 is 5.32 Å². The van der Waals surface area contributed by atoms with Gasteiger partial charge in [0.05, 0.1) is 12.6 Å². The molecule has 6 heteroatoms. The van der Waals surface area contributed by atoms with Gasteiger partial charge in [-0.2, -0.15) is 10.5 Å². The first-order valence-corrected chi connectivity index (χ1v) is 6.39. The molecule has 0 bridgehead atoms. The molecule has 1 aliphatic rings. The van der Waals surface area contributed by atoms with Crippen molar-refractivity contribution in [3.63, 3.8) is 0 Å². The number of nitriles is 2. The van der Waals surface area contributed by atoms with E-state index < -0.39 is 0 Å². The molecular formula is C13H16N6. The van der Waals surface area contributed by atoms with Crippen LogP contribution in [0.2, 0.25) is 0 Å². The zero-order valence-electron chi connectivity index (χ0n) is 10.7. The third-order valence-electron chi connectivity index (χ3n) is 3.35. The smallest absolute Gasteiger partial charge is 0.163 e. The molecule has 0 radical (unpaired) electrons. The Morgan fingerprint density at radius 2 is 2.05 bits per heavy atom. The molecule has 1 aromatic heterocycles. The molecule has 0 aromatic carbocycles. The highest BCUT2D eigenvalue weighted by atomic mass is 15.2. The van der Waals surface area contributed by atoms with Crippen LogP contribution in [-0.2, 0) is 0 Å². The topological polar surface area (TPSA) is 88.6 Å². The van der Waals surface area contributed by atoms with Gasteiger partial charge in [0, 0.05) is 6.54 Å². The van der Waals surface area contributed by atoms with Crippen molar-refractivity contribution in [1.29, 1.82) is 10.5 Å². The SMILES string of the molecule is N#CCN1CCC(CNc2ccc(C#N)nn2)CC1. The average Bonchev–Trinajstić information content (AvgIpc) is 2.47. The quantitative estimate of drug-likeness (QED) is 0.808. The first kappa shape index (κ1) is 13.3. The molecule has 0 amide bonds. The highest BCUT2D eigenvalue weighted by Crippen LogP contribution is 2.17. The molecule has 0 saturated carbocycles. The lowest BCUT2D eigenvalue weighted by Crippen LogP contribution is -2.36. The Morgan fingerprint density at radius 1 is 1.26 bits per heavy atom. The predicted octanol–water partition coefficient (Wildman–Crippen LogP) is 0.996. The number of piperidine rings is 1. The van der Waals surface area contributed by atoms with E-state index in [4.69, 9.17) is 10.5 Å². The molecule has 6 nitrogen and oxygen atoms in total. The maximum absolute atomic E-state index is 8.64.